The molecule has 0 rings (SSSR count). The van der Waals surface area contributed by atoms with E-state index in [0.717, 1.165) is 0 Å². The van der Waals surface area contributed by atoms with Gasteiger partial charge in [0.15, 0.2) is 0 Å². The minimum absolute atomic E-state index is 0. The van der Waals surface area contributed by atoms with Gasteiger partial charge in [0.05, 0.1) is 0 Å². The van der Waals surface area contributed by atoms with Crippen molar-refractivity contribution in [3.63, 3.8) is 0 Å². The maximum absolute atomic E-state index is 2.09. The van der Waals surface area contributed by atoms with Gasteiger partial charge in [0.2, 0.25) is 0 Å². The van der Waals surface area contributed by atoms with E-state index < -0.39 is 0 Å². The number of hydrogen-bond donors (Lipinski definition) is 0. The van der Waals surface area contributed by atoms with E-state index in [4.69, 9.17) is 0 Å². The molecular formula is H3CoCrMoSiW. The van der Waals surface area contributed by atoms with Crippen LogP contribution in [0.25, 0.3) is 0 Å². The molecule has 0 spiro atoms. The SMILES string of the molecule is [Co].[Cr].[SiH3][Mo].[W]. The van der Waals surface area contributed by atoms with Crippen LogP contribution in [0.5, 0.6) is 0 Å². The van der Waals surface area contributed by atoms with Gasteiger partial charge in [-0.15, -0.1) is 0 Å². The topological polar surface area (TPSA) is 0 Å². The fraction of sp³-hybridized carbons (Fsp3) is 0. The maximum Gasteiger partial charge on any atom is 0 e. The third-order valence-electron chi connectivity index (χ3n) is 0. The fourth-order valence-corrected chi connectivity index (χ4v) is 0. The Morgan fingerprint density at radius 1 is 1.20 bits per heavy atom. The Morgan fingerprint density at radius 3 is 1.20 bits per heavy atom. The molecule has 0 saturated heterocycles. The van der Waals surface area contributed by atoms with Crippen LogP contribution in [0.1, 0.15) is 0 Å². The van der Waals surface area contributed by atoms with Gasteiger partial charge in [-0.05, 0) is 0 Å². The molecule has 0 fully saturated rings. The summed E-state index contributed by atoms with van der Waals surface area (Å²) in [6.45, 7) is 0. The summed E-state index contributed by atoms with van der Waals surface area (Å²) in [5, 5.41) is 0. The molecule has 0 unspecified atom stereocenters. The smallest absolute Gasteiger partial charge is 0 e. The first-order valence-corrected chi connectivity index (χ1v) is 7.25. The van der Waals surface area contributed by atoms with Crippen molar-refractivity contribution in [2.75, 3.05) is 0 Å². The maximum atomic E-state index is 2.09. The van der Waals surface area contributed by atoms with Gasteiger partial charge < -0.3 is 0 Å². The van der Waals surface area contributed by atoms with Crippen molar-refractivity contribution in [1.29, 1.82) is 0 Å². The van der Waals surface area contributed by atoms with Crippen molar-refractivity contribution >= 4 is 8.21 Å². The molecule has 0 aromatic carbocycles. The Balaban J connectivity index is -0.00000000167. The molecule has 0 saturated carbocycles. The molecule has 0 heterocycles. The molecule has 0 aromatic heterocycles. The fourth-order valence-electron chi connectivity index (χ4n) is 0. The standard InChI is InChI=1S/Co.Cr.Mo.H3Si.W/h;;;1H3;. The van der Waals surface area contributed by atoms with Crippen LogP contribution in [0.4, 0.5) is 0 Å². The van der Waals surface area contributed by atoms with Crippen molar-refractivity contribution < 1.29 is 74.3 Å². The molecule has 0 N–H and O–H groups in total. The minimum atomic E-state index is 0. The second-order valence-corrected chi connectivity index (χ2v) is 0. The van der Waals surface area contributed by atoms with E-state index in [0.29, 0.717) is 0 Å². The van der Waals surface area contributed by atoms with Crippen LogP contribution in [0.15, 0.2) is 0 Å². The van der Waals surface area contributed by atoms with Gasteiger partial charge in [-0.2, -0.15) is 0 Å². The van der Waals surface area contributed by atoms with Crippen LogP contribution < -0.4 is 0 Å². The van der Waals surface area contributed by atoms with Gasteiger partial charge >= 0.3 is 27.3 Å². The summed E-state index contributed by atoms with van der Waals surface area (Å²) >= 11 is 2.09. The van der Waals surface area contributed by atoms with Gasteiger partial charge in [0.25, 0.3) is 0 Å². The third-order valence-corrected chi connectivity index (χ3v) is 0. The van der Waals surface area contributed by atoms with E-state index in [1.807, 2.05) is 0 Å². The molecule has 34 valence electrons. The second-order valence-electron chi connectivity index (χ2n) is 0. The Labute approximate surface area is 81.4 Å². The summed E-state index contributed by atoms with van der Waals surface area (Å²) in [5.41, 5.74) is 0. The van der Waals surface area contributed by atoms with Gasteiger partial charge in [-0.25, -0.2) is 0 Å². The molecule has 0 amide bonds. The van der Waals surface area contributed by atoms with Crippen LogP contribution in [0.3, 0.4) is 0 Å². The van der Waals surface area contributed by atoms with Crippen molar-refractivity contribution in [3.8, 4) is 0 Å². The van der Waals surface area contributed by atoms with Gasteiger partial charge in [0, 0.05) is 55.2 Å². The Kier molecular flexibility index (Phi) is 155. The Bertz CT molecular complexity index is 11.6. The zero-order valence-corrected chi connectivity index (χ0v) is 11.8. The van der Waals surface area contributed by atoms with E-state index in [9.17, 15) is 0 Å². The summed E-state index contributed by atoms with van der Waals surface area (Å²) in [6, 6.07) is 0. The first kappa shape index (κ1) is 25.4. The zero-order valence-electron chi connectivity index (χ0n) is 2.56. The second kappa shape index (κ2) is 30.4. The van der Waals surface area contributed by atoms with Crippen LogP contribution >= 0.6 is 0 Å². The molecule has 0 atom stereocenters. The molecular weight excluding hydrogens is 419 g/mol. The largest absolute Gasteiger partial charge is 0 e. The molecule has 0 aliphatic rings. The Hall–Kier alpha value is 2.63. The molecule has 5 heavy (non-hydrogen) atoms. The summed E-state index contributed by atoms with van der Waals surface area (Å²) in [4.78, 5) is 0. The van der Waals surface area contributed by atoms with Crippen LogP contribution in [-0.2, 0) is 74.3 Å². The van der Waals surface area contributed by atoms with Gasteiger partial charge in [0.1, 0.15) is 0 Å². The van der Waals surface area contributed by atoms with Gasteiger partial charge in [-0.3, -0.25) is 0 Å². The van der Waals surface area contributed by atoms with Gasteiger partial charge in [-0.1, -0.05) is 0 Å². The predicted octanol–water partition coefficient (Wildman–Crippen LogP) is -1.19. The summed E-state index contributed by atoms with van der Waals surface area (Å²) < 4.78 is 0. The normalized spacial score (nSPS) is 1.60. The minimum Gasteiger partial charge on any atom is 0 e. The summed E-state index contributed by atoms with van der Waals surface area (Å²) in [7, 11) is 1.32. The van der Waals surface area contributed by atoms with Crippen LogP contribution in [0, 0.1) is 0 Å². The average Bonchev–Trinajstić information content (AvgIpc) is 1.00. The summed E-state index contributed by atoms with van der Waals surface area (Å²) in [6.07, 6.45) is 0. The van der Waals surface area contributed by atoms with Crippen molar-refractivity contribution in [1.82, 2.24) is 0 Å². The molecule has 0 bridgehead atoms. The molecule has 0 nitrogen and oxygen atoms in total. The van der Waals surface area contributed by atoms with E-state index in [2.05, 4.69) is 19.1 Å². The number of rotatable bonds is 0. The third kappa shape index (κ3) is 20.5. The van der Waals surface area contributed by atoms with Crippen molar-refractivity contribution in [2.45, 2.75) is 0 Å². The average molecular weight is 422 g/mol. The first-order valence-electron chi connectivity index (χ1n) is 0.408. The number of hydrogen-bond acceptors (Lipinski definition) is 0. The first-order chi connectivity index (χ1) is 1.00. The van der Waals surface area contributed by atoms with E-state index in [-0.39, 0.29) is 55.2 Å². The molecule has 0 aliphatic heterocycles. The molecule has 0 aliphatic carbocycles. The van der Waals surface area contributed by atoms with Crippen molar-refractivity contribution in [2.24, 2.45) is 0 Å². The summed E-state index contributed by atoms with van der Waals surface area (Å²) in [5.74, 6) is 0. The molecule has 0 aromatic rings. The van der Waals surface area contributed by atoms with E-state index in [1.165, 1.54) is 8.21 Å². The molecule has 5 heteroatoms. The van der Waals surface area contributed by atoms with E-state index in [1.54, 1.807) is 0 Å². The Morgan fingerprint density at radius 2 is 1.20 bits per heavy atom. The predicted molar refractivity (Wildman–Crippen MR) is 9.94 cm³/mol. The monoisotopic (exact) mass is 424 g/mol. The molecule has 1 radical (unpaired) electrons. The van der Waals surface area contributed by atoms with E-state index >= 15 is 0 Å². The quantitative estimate of drug-likeness (QED) is 0.431. The van der Waals surface area contributed by atoms with Crippen LogP contribution in [0.2, 0.25) is 0 Å². The zero-order chi connectivity index (χ0) is 2.00. The van der Waals surface area contributed by atoms with Crippen molar-refractivity contribution in [3.05, 3.63) is 0 Å². The van der Waals surface area contributed by atoms with Crippen LogP contribution in [-0.4, -0.2) is 8.21 Å².